The number of phenolic OH excluding ortho intramolecular Hbond substituents is 1. The zero-order valence-electron chi connectivity index (χ0n) is 9.45. The Morgan fingerprint density at radius 2 is 1.74 bits per heavy atom. The van der Waals surface area contributed by atoms with Gasteiger partial charge in [0.15, 0.2) is 0 Å². The van der Waals surface area contributed by atoms with Gasteiger partial charge >= 0.3 is 0 Å². The van der Waals surface area contributed by atoms with Gasteiger partial charge in [0, 0.05) is 19.1 Å². The topological polar surface area (TPSA) is 49.3 Å². The molecule has 0 aliphatic heterocycles. The minimum absolute atomic E-state index is 0.0810. The smallest absolute Gasteiger partial charge is 0.259 e. The Kier molecular flexibility index (Phi) is 4.65. The fourth-order valence-electron chi connectivity index (χ4n) is 1.48. The van der Waals surface area contributed by atoms with E-state index in [0.717, 1.165) is 4.47 Å². The summed E-state index contributed by atoms with van der Waals surface area (Å²) in [6, 6.07) is 10.3. The SMILES string of the molecule is O=C(Nc1cccc(Br)c1)c1cc(Br)c(Br)cc1O. The molecule has 0 saturated carbocycles. The second-order valence-electron chi connectivity index (χ2n) is 3.75. The number of carbonyl (C=O) groups excluding carboxylic acids is 1. The van der Waals surface area contributed by atoms with Gasteiger partial charge in [0.05, 0.1) is 5.56 Å². The molecular formula is C13H8Br3NO2. The molecule has 0 heterocycles. The van der Waals surface area contributed by atoms with Gasteiger partial charge in [-0.2, -0.15) is 0 Å². The number of rotatable bonds is 2. The highest BCUT2D eigenvalue weighted by Gasteiger charge is 2.14. The van der Waals surface area contributed by atoms with Gasteiger partial charge in [-0.25, -0.2) is 0 Å². The van der Waals surface area contributed by atoms with Crippen molar-refractivity contribution in [2.24, 2.45) is 0 Å². The monoisotopic (exact) mass is 447 g/mol. The Morgan fingerprint density at radius 3 is 2.42 bits per heavy atom. The summed E-state index contributed by atoms with van der Waals surface area (Å²) in [6.45, 7) is 0. The van der Waals surface area contributed by atoms with Gasteiger partial charge in [0.1, 0.15) is 5.75 Å². The predicted octanol–water partition coefficient (Wildman–Crippen LogP) is 4.93. The molecular weight excluding hydrogens is 442 g/mol. The average Bonchev–Trinajstić information content (AvgIpc) is 2.33. The van der Waals surface area contributed by atoms with E-state index in [1.165, 1.54) is 6.07 Å². The van der Waals surface area contributed by atoms with Crippen LogP contribution < -0.4 is 5.32 Å². The fourth-order valence-corrected chi connectivity index (χ4v) is 2.56. The molecule has 0 atom stereocenters. The quantitative estimate of drug-likeness (QED) is 0.682. The molecule has 0 fully saturated rings. The first kappa shape index (κ1) is 14.6. The fraction of sp³-hybridized carbons (Fsp3) is 0. The highest BCUT2D eigenvalue weighted by atomic mass is 79.9. The van der Waals surface area contributed by atoms with E-state index >= 15 is 0 Å². The molecule has 0 spiro atoms. The summed E-state index contributed by atoms with van der Waals surface area (Å²) in [4.78, 5) is 12.1. The van der Waals surface area contributed by atoms with Crippen LogP contribution in [0.15, 0.2) is 49.8 Å². The van der Waals surface area contributed by atoms with Crippen molar-refractivity contribution in [1.82, 2.24) is 0 Å². The highest BCUT2D eigenvalue weighted by molar-refractivity contribution is 9.13. The number of phenols is 1. The molecule has 0 aromatic heterocycles. The molecule has 0 aliphatic rings. The van der Waals surface area contributed by atoms with Crippen LogP contribution in [-0.4, -0.2) is 11.0 Å². The van der Waals surface area contributed by atoms with Crippen molar-refractivity contribution in [3.8, 4) is 5.75 Å². The largest absolute Gasteiger partial charge is 0.507 e. The predicted molar refractivity (Wildman–Crippen MR) is 85.6 cm³/mol. The second-order valence-corrected chi connectivity index (χ2v) is 6.37. The van der Waals surface area contributed by atoms with E-state index in [-0.39, 0.29) is 17.2 Å². The molecule has 0 bridgehead atoms. The summed E-state index contributed by atoms with van der Waals surface area (Å²) >= 11 is 9.89. The van der Waals surface area contributed by atoms with Crippen LogP contribution in [0.1, 0.15) is 10.4 Å². The van der Waals surface area contributed by atoms with Gasteiger partial charge in [-0.05, 0) is 62.2 Å². The van der Waals surface area contributed by atoms with E-state index in [2.05, 4.69) is 53.1 Å². The van der Waals surface area contributed by atoms with Crippen LogP contribution in [0.4, 0.5) is 5.69 Å². The molecule has 98 valence electrons. The van der Waals surface area contributed by atoms with Crippen LogP contribution in [0.5, 0.6) is 5.75 Å². The Hall–Kier alpha value is -0.850. The van der Waals surface area contributed by atoms with Gasteiger partial charge in [-0.15, -0.1) is 0 Å². The molecule has 0 unspecified atom stereocenters. The number of halogens is 3. The molecule has 2 aromatic rings. The lowest BCUT2D eigenvalue weighted by atomic mass is 10.2. The molecule has 0 radical (unpaired) electrons. The molecule has 19 heavy (non-hydrogen) atoms. The standard InChI is InChI=1S/C13H8Br3NO2/c14-7-2-1-3-8(4-7)17-13(19)9-5-10(15)11(16)6-12(9)18/h1-6,18H,(H,17,19). The van der Waals surface area contributed by atoms with E-state index in [4.69, 9.17) is 0 Å². The van der Waals surface area contributed by atoms with Crippen LogP contribution in [0.25, 0.3) is 0 Å². The van der Waals surface area contributed by atoms with Crippen molar-refractivity contribution in [3.05, 3.63) is 55.4 Å². The minimum atomic E-state index is -0.371. The highest BCUT2D eigenvalue weighted by Crippen LogP contribution is 2.31. The molecule has 6 heteroatoms. The molecule has 2 N–H and O–H groups in total. The maximum atomic E-state index is 12.1. The zero-order chi connectivity index (χ0) is 14.0. The van der Waals surface area contributed by atoms with Gasteiger partial charge < -0.3 is 10.4 Å². The summed E-state index contributed by atoms with van der Waals surface area (Å²) in [6.07, 6.45) is 0. The average molecular weight is 450 g/mol. The molecule has 0 saturated heterocycles. The lowest BCUT2D eigenvalue weighted by Gasteiger charge is -2.08. The van der Waals surface area contributed by atoms with Gasteiger partial charge in [0.2, 0.25) is 0 Å². The van der Waals surface area contributed by atoms with E-state index in [1.807, 2.05) is 12.1 Å². The number of hydrogen-bond acceptors (Lipinski definition) is 2. The first-order valence-electron chi connectivity index (χ1n) is 5.22. The molecule has 0 aliphatic carbocycles. The Labute approximate surface area is 135 Å². The van der Waals surface area contributed by atoms with Crippen LogP contribution >= 0.6 is 47.8 Å². The van der Waals surface area contributed by atoms with Gasteiger partial charge in [-0.1, -0.05) is 22.0 Å². The maximum absolute atomic E-state index is 12.1. The van der Waals surface area contributed by atoms with Crippen molar-refractivity contribution in [2.75, 3.05) is 5.32 Å². The van der Waals surface area contributed by atoms with E-state index in [9.17, 15) is 9.90 Å². The van der Waals surface area contributed by atoms with Gasteiger partial charge in [-0.3, -0.25) is 4.79 Å². The summed E-state index contributed by atoms with van der Waals surface area (Å²) in [7, 11) is 0. The first-order chi connectivity index (χ1) is 8.97. The summed E-state index contributed by atoms with van der Waals surface area (Å²) in [5.41, 5.74) is 0.855. The van der Waals surface area contributed by atoms with Crippen LogP contribution in [0.2, 0.25) is 0 Å². The number of carbonyl (C=O) groups is 1. The first-order valence-corrected chi connectivity index (χ1v) is 7.60. The number of benzene rings is 2. The molecule has 3 nitrogen and oxygen atoms in total. The molecule has 1 amide bonds. The molecule has 2 rings (SSSR count). The Bertz CT molecular complexity index is 644. The molecule has 2 aromatic carbocycles. The summed E-state index contributed by atoms with van der Waals surface area (Å²) in [5, 5.41) is 12.5. The normalized spacial score (nSPS) is 10.3. The lowest BCUT2D eigenvalue weighted by Crippen LogP contribution is -2.12. The maximum Gasteiger partial charge on any atom is 0.259 e. The summed E-state index contributed by atoms with van der Waals surface area (Å²) < 4.78 is 2.25. The number of aromatic hydroxyl groups is 1. The Balaban J connectivity index is 2.28. The van der Waals surface area contributed by atoms with E-state index in [0.29, 0.717) is 14.6 Å². The van der Waals surface area contributed by atoms with Gasteiger partial charge in [0.25, 0.3) is 5.91 Å². The lowest BCUT2D eigenvalue weighted by molar-refractivity contribution is 0.102. The third-order valence-corrected chi connectivity index (χ3v) is 4.70. The van der Waals surface area contributed by atoms with E-state index in [1.54, 1.807) is 18.2 Å². The van der Waals surface area contributed by atoms with Crippen LogP contribution in [0, 0.1) is 0 Å². The van der Waals surface area contributed by atoms with Crippen molar-refractivity contribution >= 4 is 59.4 Å². The van der Waals surface area contributed by atoms with Crippen molar-refractivity contribution < 1.29 is 9.90 Å². The van der Waals surface area contributed by atoms with Crippen molar-refractivity contribution in [3.63, 3.8) is 0 Å². The summed E-state index contributed by atoms with van der Waals surface area (Å²) in [5.74, 6) is -0.452. The third-order valence-electron chi connectivity index (χ3n) is 2.37. The number of anilines is 1. The number of hydrogen-bond donors (Lipinski definition) is 2. The minimum Gasteiger partial charge on any atom is -0.507 e. The third kappa shape index (κ3) is 3.58. The van der Waals surface area contributed by atoms with E-state index < -0.39 is 0 Å². The van der Waals surface area contributed by atoms with Crippen LogP contribution in [0.3, 0.4) is 0 Å². The van der Waals surface area contributed by atoms with Crippen molar-refractivity contribution in [2.45, 2.75) is 0 Å². The second kappa shape index (κ2) is 6.07. The Morgan fingerprint density at radius 1 is 1.05 bits per heavy atom. The zero-order valence-corrected chi connectivity index (χ0v) is 14.2. The van der Waals surface area contributed by atoms with Crippen LogP contribution in [-0.2, 0) is 0 Å². The number of nitrogens with one attached hydrogen (secondary N) is 1. The van der Waals surface area contributed by atoms with Crippen molar-refractivity contribution in [1.29, 1.82) is 0 Å². The number of amides is 1.